The normalized spacial score (nSPS) is 12.7. The van der Waals surface area contributed by atoms with Crippen molar-refractivity contribution < 1.29 is 0 Å². The summed E-state index contributed by atoms with van der Waals surface area (Å²) in [5.74, 6) is 0. The first-order valence-corrected chi connectivity index (χ1v) is 15.7. The minimum atomic E-state index is -0.781. The molecule has 7 aromatic carbocycles. The standard InChI is InChI=1S/C39H25N2P/c1-2-11-28(12-3-1)42(29-20-22-32-27(24-29)19-18-26-10-4-5-13-31(26)32)30-21-23-34-35(25-30)33-14-6-8-16-37(33)41-38-17-9-7-15-36(38)40-39(34)41/h1-25H. The molecule has 0 saturated carbocycles. The number of fused-ring (bicyclic) bond motifs is 11. The number of nitrogens with zero attached hydrogens (tertiary/aromatic N) is 2. The molecule has 42 heavy (non-hydrogen) atoms. The molecule has 2 aromatic heterocycles. The number of benzene rings is 7. The van der Waals surface area contributed by atoms with E-state index in [1.54, 1.807) is 0 Å². The fourth-order valence-corrected chi connectivity index (χ4v) is 8.94. The molecule has 1 atom stereocenters. The SMILES string of the molecule is c1ccc(P(c2ccc3c(ccc4ccccc43)c2)c2ccc3c(c2)c2ccccc2n2c4ccccc4nc32)cc1. The highest BCUT2D eigenvalue weighted by atomic mass is 31.1. The number of imidazole rings is 1. The first-order chi connectivity index (χ1) is 20.8. The van der Waals surface area contributed by atoms with E-state index in [0.717, 1.165) is 16.7 Å². The van der Waals surface area contributed by atoms with Gasteiger partial charge in [-0.2, -0.15) is 0 Å². The number of para-hydroxylation sites is 3. The predicted octanol–water partition coefficient (Wildman–Crippen LogP) is 8.86. The second kappa shape index (κ2) is 9.24. The number of aromatic nitrogens is 2. The number of hydrogen-bond acceptors (Lipinski definition) is 1. The highest BCUT2D eigenvalue weighted by Crippen LogP contribution is 2.38. The van der Waals surface area contributed by atoms with E-state index in [-0.39, 0.29) is 0 Å². The Morgan fingerprint density at radius 1 is 0.405 bits per heavy atom. The Kier molecular flexibility index (Phi) is 5.20. The first kappa shape index (κ1) is 23.6. The van der Waals surface area contributed by atoms with Crippen molar-refractivity contribution in [3.05, 3.63) is 152 Å². The third kappa shape index (κ3) is 3.52. The van der Waals surface area contributed by atoms with Crippen LogP contribution in [0.3, 0.4) is 0 Å². The van der Waals surface area contributed by atoms with Crippen molar-refractivity contribution in [3.63, 3.8) is 0 Å². The summed E-state index contributed by atoms with van der Waals surface area (Å²) in [4.78, 5) is 5.11. The maximum Gasteiger partial charge on any atom is 0.146 e. The quantitative estimate of drug-likeness (QED) is 0.158. The zero-order valence-electron chi connectivity index (χ0n) is 22.8. The van der Waals surface area contributed by atoms with E-state index in [1.165, 1.54) is 59.1 Å². The van der Waals surface area contributed by atoms with E-state index in [0.29, 0.717) is 0 Å². The maximum absolute atomic E-state index is 5.11. The average molecular weight is 553 g/mol. The Hall–Kier alpha value is -5.04. The molecule has 0 N–H and O–H groups in total. The van der Waals surface area contributed by atoms with E-state index in [1.807, 2.05) is 0 Å². The zero-order valence-corrected chi connectivity index (χ0v) is 23.7. The molecule has 0 saturated heterocycles. The van der Waals surface area contributed by atoms with Crippen molar-refractivity contribution in [1.29, 1.82) is 0 Å². The van der Waals surface area contributed by atoms with Gasteiger partial charge >= 0.3 is 0 Å². The molecule has 0 aliphatic heterocycles. The third-order valence-electron chi connectivity index (χ3n) is 8.50. The molecule has 0 amide bonds. The van der Waals surface area contributed by atoms with Gasteiger partial charge in [-0.05, 0) is 87.2 Å². The van der Waals surface area contributed by atoms with E-state index < -0.39 is 7.92 Å². The van der Waals surface area contributed by atoms with Crippen molar-refractivity contribution in [2.24, 2.45) is 0 Å². The van der Waals surface area contributed by atoms with Gasteiger partial charge in [0.1, 0.15) is 5.65 Å². The molecule has 9 rings (SSSR count). The smallest absolute Gasteiger partial charge is 0.146 e. The molecule has 196 valence electrons. The van der Waals surface area contributed by atoms with Gasteiger partial charge in [0.25, 0.3) is 0 Å². The van der Waals surface area contributed by atoms with Crippen LogP contribution in [0.5, 0.6) is 0 Å². The first-order valence-electron chi connectivity index (χ1n) is 14.3. The Morgan fingerprint density at radius 3 is 1.93 bits per heavy atom. The van der Waals surface area contributed by atoms with Crippen LogP contribution in [0.15, 0.2) is 152 Å². The van der Waals surface area contributed by atoms with Gasteiger partial charge in [-0.3, -0.25) is 4.40 Å². The summed E-state index contributed by atoms with van der Waals surface area (Å²) in [5.41, 5.74) is 4.37. The monoisotopic (exact) mass is 552 g/mol. The summed E-state index contributed by atoms with van der Waals surface area (Å²) in [7, 11) is -0.781. The molecule has 0 aliphatic rings. The van der Waals surface area contributed by atoms with Crippen LogP contribution in [-0.4, -0.2) is 9.38 Å². The molecule has 2 heterocycles. The highest BCUT2D eigenvalue weighted by molar-refractivity contribution is 7.79. The van der Waals surface area contributed by atoms with Gasteiger partial charge in [0.15, 0.2) is 0 Å². The summed E-state index contributed by atoms with van der Waals surface area (Å²) in [6.45, 7) is 0. The summed E-state index contributed by atoms with van der Waals surface area (Å²) >= 11 is 0. The molecule has 0 radical (unpaired) electrons. The molecule has 0 spiro atoms. The summed E-state index contributed by atoms with van der Waals surface area (Å²) in [5, 5.41) is 12.9. The Morgan fingerprint density at radius 2 is 1.05 bits per heavy atom. The summed E-state index contributed by atoms with van der Waals surface area (Å²) in [6.07, 6.45) is 0. The summed E-state index contributed by atoms with van der Waals surface area (Å²) in [6, 6.07) is 55.5. The van der Waals surface area contributed by atoms with Gasteiger partial charge < -0.3 is 0 Å². The lowest BCUT2D eigenvalue weighted by Gasteiger charge is -2.21. The topological polar surface area (TPSA) is 17.3 Å². The Balaban J connectivity index is 1.32. The number of hydrogen-bond donors (Lipinski definition) is 0. The summed E-state index contributed by atoms with van der Waals surface area (Å²) < 4.78 is 2.32. The maximum atomic E-state index is 5.11. The van der Waals surface area contributed by atoms with Gasteiger partial charge in [0.05, 0.1) is 16.6 Å². The van der Waals surface area contributed by atoms with Gasteiger partial charge in [0.2, 0.25) is 0 Å². The van der Waals surface area contributed by atoms with Crippen LogP contribution in [0, 0.1) is 0 Å². The van der Waals surface area contributed by atoms with E-state index in [2.05, 4.69) is 156 Å². The van der Waals surface area contributed by atoms with Gasteiger partial charge in [0, 0.05) is 10.8 Å². The van der Waals surface area contributed by atoms with Crippen LogP contribution in [0.2, 0.25) is 0 Å². The minimum Gasteiger partial charge on any atom is -0.292 e. The molecule has 3 heteroatoms. The molecule has 0 bridgehead atoms. The van der Waals surface area contributed by atoms with Crippen molar-refractivity contribution in [2.45, 2.75) is 0 Å². The van der Waals surface area contributed by atoms with Crippen molar-refractivity contribution in [1.82, 2.24) is 9.38 Å². The largest absolute Gasteiger partial charge is 0.292 e. The second-order valence-corrected chi connectivity index (χ2v) is 13.1. The molecule has 1 unspecified atom stereocenters. The molecule has 9 aromatic rings. The lowest BCUT2D eigenvalue weighted by molar-refractivity contribution is 1.32. The van der Waals surface area contributed by atoms with Crippen LogP contribution >= 0.6 is 7.92 Å². The van der Waals surface area contributed by atoms with Crippen LogP contribution in [0.4, 0.5) is 0 Å². The Labute approximate surface area is 244 Å². The minimum absolute atomic E-state index is 0.781. The van der Waals surface area contributed by atoms with Crippen LogP contribution in [-0.2, 0) is 0 Å². The fraction of sp³-hybridized carbons (Fsp3) is 0. The van der Waals surface area contributed by atoms with Crippen LogP contribution < -0.4 is 15.9 Å². The Bertz CT molecular complexity index is 2480. The lowest BCUT2D eigenvalue weighted by Crippen LogP contribution is -2.20. The molecular weight excluding hydrogens is 527 g/mol. The second-order valence-electron chi connectivity index (χ2n) is 10.9. The lowest BCUT2D eigenvalue weighted by atomic mass is 10.0. The van der Waals surface area contributed by atoms with Crippen LogP contribution in [0.25, 0.3) is 59.9 Å². The van der Waals surface area contributed by atoms with Gasteiger partial charge in [-0.25, -0.2) is 4.98 Å². The molecular formula is C39H25N2P. The van der Waals surface area contributed by atoms with E-state index in [4.69, 9.17) is 4.98 Å². The van der Waals surface area contributed by atoms with Gasteiger partial charge in [-0.1, -0.05) is 115 Å². The van der Waals surface area contributed by atoms with Gasteiger partial charge in [-0.15, -0.1) is 0 Å². The fourth-order valence-electron chi connectivity index (χ4n) is 6.60. The van der Waals surface area contributed by atoms with Crippen LogP contribution in [0.1, 0.15) is 0 Å². The number of pyridine rings is 1. The molecule has 0 fully saturated rings. The van der Waals surface area contributed by atoms with Crippen molar-refractivity contribution >= 4 is 83.7 Å². The number of rotatable bonds is 3. The van der Waals surface area contributed by atoms with E-state index >= 15 is 0 Å². The van der Waals surface area contributed by atoms with Crippen molar-refractivity contribution in [2.75, 3.05) is 0 Å². The van der Waals surface area contributed by atoms with E-state index in [9.17, 15) is 0 Å². The van der Waals surface area contributed by atoms with Crippen molar-refractivity contribution in [3.8, 4) is 0 Å². The molecule has 0 aliphatic carbocycles. The third-order valence-corrected chi connectivity index (χ3v) is 10.9. The predicted molar refractivity (Wildman–Crippen MR) is 181 cm³/mol. The highest BCUT2D eigenvalue weighted by Gasteiger charge is 2.20. The average Bonchev–Trinajstić information content (AvgIpc) is 3.45. The zero-order chi connectivity index (χ0) is 27.6. The molecule has 2 nitrogen and oxygen atoms in total.